The summed E-state index contributed by atoms with van der Waals surface area (Å²) >= 11 is 0. The zero-order chi connectivity index (χ0) is 21.2. The molecule has 0 radical (unpaired) electrons. The summed E-state index contributed by atoms with van der Waals surface area (Å²) in [5.74, 6) is 0.0723. The van der Waals surface area contributed by atoms with Crippen LogP contribution in [0.2, 0.25) is 0 Å². The zero-order valence-electron chi connectivity index (χ0n) is 17.5. The van der Waals surface area contributed by atoms with Gasteiger partial charge in [0.05, 0.1) is 11.4 Å². The van der Waals surface area contributed by atoms with Crippen molar-refractivity contribution < 1.29 is 13.2 Å². The third-order valence-electron chi connectivity index (χ3n) is 5.12. The predicted octanol–water partition coefficient (Wildman–Crippen LogP) is 4.73. The van der Waals surface area contributed by atoms with Gasteiger partial charge in [0.15, 0.2) is 0 Å². The number of rotatable bonds is 4. The molecule has 0 saturated heterocycles. The molecule has 0 saturated carbocycles. The molecule has 6 nitrogen and oxygen atoms in total. The second kappa shape index (κ2) is 8.06. The molecule has 0 atom stereocenters. The van der Waals surface area contributed by atoms with E-state index < -0.39 is 10.0 Å². The molecule has 0 aromatic heterocycles. The number of aryl methyl sites for hydroxylation is 1. The van der Waals surface area contributed by atoms with E-state index >= 15 is 0 Å². The van der Waals surface area contributed by atoms with Gasteiger partial charge in [-0.15, -0.1) is 0 Å². The lowest BCUT2D eigenvalue weighted by molar-refractivity contribution is 0.262. The summed E-state index contributed by atoms with van der Waals surface area (Å²) in [6.07, 6.45) is 1.55. The molecule has 0 bridgehead atoms. The topological polar surface area (TPSA) is 78.5 Å². The van der Waals surface area contributed by atoms with E-state index in [0.29, 0.717) is 23.6 Å². The molecular weight excluding hydrogens is 386 g/mol. The van der Waals surface area contributed by atoms with Gasteiger partial charge in [-0.2, -0.15) is 0 Å². The van der Waals surface area contributed by atoms with Crippen LogP contribution in [0.15, 0.2) is 42.5 Å². The Morgan fingerprint density at radius 1 is 1.03 bits per heavy atom. The van der Waals surface area contributed by atoms with E-state index in [9.17, 15) is 13.2 Å². The SMILES string of the molecule is CCS(=O)(=O)N1CCCc2cc(NC(=O)Nc3ccc(C(C)(C)C)cc3)ccc21. The summed E-state index contributed by atoms with van der Waals surface area (Å²) in [5, 5.41) is 5.67. The molecule has 3 rings (SSSR count). The maximum absolute atomic E-state index is 12.4. The Hall–Kier alpha value is -2.54. The van der Waals surface area contributed by atoms with Gasteiger partial charge in [-0.3, -0.25) is 4.31 Å². The number of hydrogen-bond acceptors (Lipinski definition) is 3. The fourth-order valence-corrected chi connectivity index (χ4v) is 4.63. The van der Waals surface area contributed by atoms with E-state index in [0.717, 1.165) is 18.4 Å². The van der Waals surface area contributed by atoms with Crippen molar-refractivity contribution in [3.05, 3.63) is 53.6 Å². The van der Waals surface area contributed by atoms with Crippen LogP contribution in [-0.4, -0.2) is 26.7 Å². The van der Waals surface area contributed by atoms with E-state index in [1.54, 1.807) is 19.1 Å². The van der Waals surface area contributed by atoms with Crippen molar-refractivity contribution in [1.82, 2.24) is 0 Å². The quantitative estimate of drug-likeness (QED) is 0.758. The van der Waals surface area contributed by atoms with E-state index in [4.69, 9.17) is 0 Å². The minimum absolute atomic E-state index is 0.0586. The fraction of sp³-hybridized carbons (Fsp3) is 0.409. The Morgan fingerprint density at radius 3 is 2.28 bits per heavy atom. The van der Waals surface area contributed by atoms with Crippen LogP contribution < -0.4 is 14.9 Å². The number of benzene rings is 2. The van der Waals surface area contributed by atoms with Crippen LogP contribution in [0.1, 0.15) is 45.2 Å². The van der Waals surface area contributed by atoms with Gasteiger partial charge in [0.25, 0.3) is 0 Å². The molecule has 0 spiro atoms. The number of nitrogens with zero attached hydrogens (tertiary/aromatic N) is 1. The van der Waals surface area contributed by atoms with E-state index in [1.165, 1.54) is 9.87 Å². The van der Waals surface area contributed by atoms with Gasteiger partial charge < -0.3 is 10.6 Å². The number of fused-ring (bicyclic) bond motifs is 1. The number of amides is 2. The van der Waals surface area contributed by atoms with Gasteiger partial charge in [0.2, 0.25) is 10.0 Å². The highest BCUT2D eigenvalue weighted by Crippen LogP contribution is 2.32. The van der Waals surface area contributed by atoms with Crippen LogP contribution in [0, 0.1) is 0 Å². The van der Waals surface area contributed by atoms with Crippen LogP contribution in [0.3, 0.4) is 0 Å². The molecule has 2 aromatic carbocycles. The Kier molecular flexibility index (Phi) is 5.89. The van der Waals surface area contributed by atoms with E-state index in [2.05, 4.69) is 31.4 Å². The second-order valence-corrected chi connectivity index (χ2v) is 10.5. The summed E-state index contributed by atoms with van der Waals surface area (Å²) in [4.78, 5) is 12.4. The highest BCUT2D eigenvalue weighted by Gasteiger charge is 2.26. The number of carbonyl (C=O) groups is 1. The summed E-state index contributed by atoms with van der Waals surface area (Å²) in [6, 6.07) is 12.8. The van der Waals surface area contributed by atoms with Gasteiger partial charge >= 0.3 is 6.03 Å². The summed E-state index contributed by atoms with van der Waals surface area (Å²) < 4.78 is 26.1. The number of nitrogens with one attached hydrogen (secondary N) is 2. The maximum atomic E-state index is 12.4. The number of carbonyl (C=O) groups excluding carboxylic acids is 1. The Balaban J connectivity index is 1.70. The highest BCUT2D eigenvalue weighted by atomic mass is 32.2. The molecule has 0 unspecified atom stereocenters. The van der Waals surface area contributed by atoms with Crippen LogP contribution in [0.4, 0.5) is 21.9 Å². The lowest BCUT2D eigenvalue weighted by Crippen LogP contribution is -2.36. The first-order chi connectivity index (χ1) is 13.6. The summed E-state index contributed by atoms with van der Waals surface area (Å²) in [6.45, 7) is 8.58. The molecule has 2 amide bonds. The van der Waals surface area contributed by atoms with Crippen LogP contribution in [0.25, 0.3) is 0 Å². The first-order valence-electron chi connectivity index (χ1n) is 9.92. The van der Waals surface area contributed by atoms with Crippen molar-refractivity contribution >= 4 is 33.1 Å². The molecule has 0 fully saturated rings. The molecule has 29 heavy (non-hydrogen) atoms. The zero-order valence-corrected chi connectivity index (χ0v) is 18.3. The minimum Gasteiger partial charge on any atom is -0.308 e. The summed E-state index contributed by atoms with van der Waals surface area (Å²) in [5.41, 5.74) is 4.26. The van der Waals surface area contributed by atoms with Gasteiger partial charge in [-0.1, -0.05) is 32.9 Å². The molecule has 0 aliphatic carbocycles. The van der Waals surface area contributed by atoms with Crippen molar-refractivity contribution in [1.29, 1.82) is 0 Å². The van der Waals surface area contributed by atoms with Gasteiger partial charge in [0.1, 0.15) is 0 Å². The number of urea groups is 1. The van der Waals surface area contributed by atoms with Gasteiger partial charge in [-0.05, 0) is 66.6 Å². The summed E-state index contributed by atoms with van der Waals surface area (Å²) in [7, 11) is -3.29. The monoisotopic (exact) mass is 415 g/mol. The lowest BCUT2D eigenvalue weighted by Gasteiger charge is -2.30. The number of sulfonamides is 1. The number of anilines is 3. The van der Waals surface area contributed by atoms with E-state index in [-0.39, 0.29) is 17.2 Å². The highest BCUT2D eigenvalue weighted by molar-refractivity contribution is 7.92. The standard InChI is InChI=1S/C22H29N3O3S/c1-5-29(27,28)25-14-6-7-16-15-19(12-13-20(16)25)24-21(26)23-18-10-8-17(9-11-18)22(2,3)4/h8-13,15H,5-7,14H2,1-4H3,(H2,23,24,26). The normalized spacial score (nSPS) is 14.3. The number of hydrogen-bond donors (Lipinski definition) is 2. The lowest BCUT2D eigenvalue weighted by atomic mass is 9.87. The van der Waals surface area contributed by atoms with Crippen molar-refractivity contribution in [3.63, 3.8) is 0 Å². The largest absolute Gasteiger partial charge is 0.323 e. The van der Waals surface area contributed by atoms with Crippen LogP contribution in [-0.2, 0) is 21.9 Å². The predicted molar refractivity (Wildman–Crippen MR) is 119 cm³/mol. The Bertz CT molecular complexity index is 993. The van der Waals surface area contributed by atoms with Crippen molar-refractivity contribution in [2.75, 3.05) is 27.2 Å². The van der Waals surface area contributed by atoms with Gasteiger partial charge in [-0.25, -0.2) is 13.2 Å². The third-order valence-corrected chi connectivity index (χ3v) is 6.90. The van der Waals surface area contributed by atoms with Crippen molar-refractivity contribution in [2.24, 2.45) is 0 Å². The Labute approximate surface area is 173 Å². The average Bonchev–Trinajstić information content (AvgIpc) is 2.67. The van der Waals surface area contributed by atoms with E-state index in [1.807, 2.05) is 30.3 Å². The molecule has 2 N–H and O–H groups in total. The third kappa shape index (κ3) is 4.90. The smallest absolute Gasteiger partial charge is 0.308 e. The first kappa shape index (κ1) is 21.2. The van der Waals surface area contributed by atoms with Crippen molar-refractivity contribution in [2.45, 2.75) is 46.0 Å². The molecule has 7 heteroatoms. The average molecular weight is 416 g/mol. The first-order valence-corrected chi connectivity index (χ1v) is 11.5. The second-order valence-electron chi connectivity index (χ2n) is 8.33. The maximum Gasteiger partial charge on any atom is 0.323 e. The van der Waals surface area contributed by atoms with Crippen LogP contribution >= 0.6 is 0 Å². The molecule has 1 heterocycles. The molecule has 2 aromatic rings. The Morgan fingerprint density at radius 2 is 1.66 bits per heavy atom. The molecular formula is C22H29N3O3S. The van der Waals surface area contributed by atoms with Crippen molar-refractivity contribution in [3.8, 4) is 0 Å². The molecule has 1 aliphatic rings. The minimum atomic E-state index is -3.29. The van der Waals surface area contributed by atoms with Gasteiger partial charge in [0, 0.05) is 17.9 Å². The molecule has 156 valence electrons. The van der Waals surface area contributed by atoms with Crippen LogP contribution in [0.5, 0.6) is 0 Å². The molecule has 1 aliphatic heterocycles. The fourth-order valence-electron chi connectivity index (χ4n) is 3.43.